The van der Waals surface area contributed by atoms with Gasteiger partial charge in [0.15, 0.2) is 0 Å². The van der Waals surface area contributed by atoms with Crippen LogP contribution in [0.2, 0.25) is 39.3 Å². The van der Waals surface area contributed by atoms with Gasteiger partial charge in [0.25, 0.3) is 0 Å². The smallest absolute Gasteiger partial charge is 0.668 e. The van der Waals surface area contributed by atoms with Gasteiger partial charge in [-0.25, -0.2) is 0 Å². The molecular formula is C23H43F3LiNO7SSi2. The number of hydrogen-bond acceptors (Lipinski definition) is 6. The van der Waals surface area contributed by atoms with Crippen molar-refractivity contribution in [2.24, 2.45) is 11.8 Å². The van der Waals surface area contributed by atoms with E-state index in [0.29, 0.717) is 25.0 Å². The molecular weight excluding hydrogens is 554 g/mol. The maximum Gasteiger partial charge on any atom is 1.00 e. The molecule has 0 radical (unpaired) electrons. The summed E-state index contributed by atoms with van der Waals surface area (Å²) in [6.07, 6.45) is 4.54. The van der Waals surface area contributed by atoms with Crippen molar-refractivity contribution in [2.75, 3.05) is 0 Å². The third kappa shape index (κ3) is 18.5. The van der Waals surface area contributed by atoms with Gasteiger partial charge < -0.3 is 14.3 Å². The molecule has 2 aliphatic rings. The number of carbonyl (C=O) groups excluding carboxylic acids is 3. The summed E-state index contributed by atoms with van der Waals surface area (Å²) in [5, 5.41) is 0. The number of hydrogen-bond donors (Lipinski definition) is 0. The van der Waals surface area contributed by atoms with E-state index in [2.05, 4.69) is 43.5 Å². The average molecular weight is 598 g/mol. The second-order valence-corrected chi connectivity index (χ2v) is 22.2. The van der Waals surface area contributed by atoms with Crippen molar-refractivity contribution in [3.63, 3.8) is 0 Å². The minimum atomic E-state index is -5.59. The summed E-state index contributed by atoms with van der Waals surface area (Å²) in [7, 11) is -7.80. The SMILES string of the molecule is CC(=O)C1CC=C(OS(=O)(=O)C(F)(F)F)CC1.CC(=O)C1CCC(=O)CC1.C[Si](C)(C)[N-][Si](C)(C)C.O.[Li+]. The Hall–Kier alpha value is -0.759. The zero-order valence-corrected chi connectivity index (χ0v) is 26.9. The number of nitrogens with zero attached hydrogens (tertiary/aromatic N) is 1. The fourth-order valence-electron chi connectivity index (χ4n) is 3.80. The summed E-state index contributed by atoms with van der Waals surface area (Å²) in [4.78, 5) is 32.5. The maximum absolute atomic E-state index is 12.0. The minimum absolute atomic E-state index is 0. The molecule has 0 bridgehead atoms. The summed E-state index contributed by atoms with van der Waals surface area (Å²) in [6, 6.07) is 0. The molecule has 1 unspecified atom stereocenters. The molecule has 38 heavy (non-hydrogen) atoms. The van der Waals surface area contributed by atoms with Crippen LogP contribution in [0.1, 0.15) is 58.8 Å². The Morgan fingerprint density at radius 3 is 1.55 bits per heavy atom. The van der Waals surface area contributed by atoms with Crippen molar-refractivity contribution in [1.29, 1.82) is 0 Å². The first-order chi connectivity index (χ1) is 16.0. The van der Waals surface area contributed by atoms with Gasteiger partial charge in [-0.1, -0.05) is 55.8 Å². The van der Waals surface area contributed by atoms with Crippen molar-refractivity contribution in [1.82, 2.24) is 0 Å². The molecule has 2 aliphatic carbocycles. The number of carbonyl (C=O) groups is 3. The summed E-state index contributed by atoms with van der Waals surface area (Å²) in [5.41, 5.74) is -5.43. The van der Waals surface area contributed by atoms with Crippen LogP contribution in [0, 0.1) is 11.8 Å². The normalized spacial score (nSPS) is 18.7. The van der Waals surface area contributed by atoms with Crippen LogP contribution in [0.25, 0.3) is 4.65 Å². The number of rotatable bonds is 6. The van der Waals surface area contributed by atoms with Gasteiger partial charge >= 0.3 is 34.5 Å². The van der Waals surface area contributed by atoms with Crippen molar-refractivity contribution >= 4 is 43.9 Å². The number of Topliss-reactive ketones (excluding diaryl/α,β-unsaturated/α-hetero) is 3. The zero-order chi connectivity index (χ0) is 28.5. The van der Waals surface area contributed by atoms with Gasteiger partial charge in [0.05, 0.1) is 0 Å². The quantitative estimate of drug-likeness (QED) is 0.262. The molecule has 0 aromatic heterocycles. The van der Waals surface area contributed by atoms with Crippen molar-refractivity contribution in [3.8, 4) is 0 Å². The largest absolute Gasteiger partial charge is 1.00 e. The number of allylic oxidation sites excluding steroid dienone is 2. The molecule has 0 aliphatic heterocycles. The molecule has 1 atom stereocenters. The Kier molecular flexibility index (Phi) is 18.8. The summed E-state index contributed by atoms with van der Waals surface area (Å²) in [5.74, 6) is 0.150. The maximum atomic E-state index is 12.0. The van der Waals surface area contributed by atoms with E-state index in [9.17, 15) is 36.0 Å². The summed E-state index contributed by atoms with van der Waals surface area (Å²) >= 11 is 0. The van der Waals surface area contributed by atoms with E-state index in [-0.39, 0.29) is 66.3 Å². The molecule has 0 saturated heterocycles. The van der Waals surface area contributed by atoms with Crippen LogP contribution in [-0.4, -0.2) is 53.2 Å². The Morgan fingerprint density at radius 1 is 0.895 bits per heavy atom. The number of halogens is 3. The van der Waals surface area contributed by atoms with Crippen LogP contribution >= 0.6 is 0 Å². The average Bonchev–Trinajstić information content (AvgIpc) is 2.65. The fourth-order valence-corrected chi connectivity index (χ4v) is 12.4. The Morgan fingerprint density at radius 2 is 1.29 bits per heavy atom. The zero-order valence-electron chi connectivity index (χ0n) is 24.1. The predicted octanol–water partition coefficient (Wildman–Crippen LogP) is 2.67. The molecule has 0 amide bonds. The Balaban J connectivity index is -0.000000505. The van der Waals surface area contributed by atoms with Gasteiger partial charge in [0.2, 0.25) is 0 Å². The summed E-state index contributed by atoms with van der Waals surface area (Å²) < 4.78 is 66.1. The molecule has 1 saturated carbocycles. The molecule has 8 nitrogen and oxygen atoms in total. The van der Waals surface area contributed by atoms with Crippen LogP contribution in [-0.2, 0) is 28.7 Å². The molecule has 2 N–H and O–H groups in total. The van der Waals surface area contributed by atoms with E-state index < -0.39 is 32.1 Å². The van der Waals surface area contributed by atoms with Gasteiger partial charge in [-0.3, -0.25) is 14.4 Å². The molecule has 0 aromatic rings. The third-order valence-corrected chi connectivity index (χ3v) is 11.6. The monoisotopic (exact) mass is 597 g/mol. The van der Waals surface area contributed by atoms with E-state index in [1.165, 1.54) is 13.0 Å². The number of ketones is 3. The van der Waals surface area contributed by atoms with Crippen molar-refractivity contribution in [3.05, 3.63) is 16.5 Å². The number of alkyl halides is 3. The van der Waals surface area contributed by atoms with Crippen LogP contribution < -0.4 is 18.9 Å². The van der Waals surface area contributed by atoms with E-state index in [1.54, 1.807) is 6.92 Å². The predicted molar refractivity (Wildman–Crippen MR) is 143 cm³/mol. The minimum Gasteiger partial charge on any atom is -0.668 e. The van der Waals surface area contributed by atoms with Gasteiger partial charge in [-0.05, 0) is 45.6 Å². The first-order valence-electron chi connectivity index (χ1n) is 12.0. The van der Waals surface area contributed by atoms with Crippen LogP contribution in [0.3, 0.4) is 0 Å². The van der Waals surface area contributed by atoms with Gasteiger partial charge in [-0.15, -0.1) is 0 Å². The second kappa shape index (κ2) is 17.1. The van der Waals surface area contributed by atoms with Crippen LogP contribution in [0.15, 0.2) is 11.8 Å². The fraction of sp³-hybridized carbons (Fsp3) is 0.783. The molecule has 0 heterocycles. The van der Waals surface area contributed by atoms with Crippen LogP contribution in [0.5, 0.6) is 0 Å². The second-order valence-electron chi connectivity index (χ2n) is 11.1. The first-order valence-corrected chi connectivity index (χ1v) is 20.3. The van der Waals surface area contributed by atoms with E-state index in [0.717, 1.165) is 12.8 Å². The van der Waals surface area contributed by atoms with Crippen molar-refractivity contribution in [2.45, 2.75) is 104 Å². The van der Waals surface area contributed by atoms with E-state index in [4.69, 9.17) is 4.65 Å². The standard InChI is InChI=1S/C9H11F3O4S.C8H12O2.C6H18NSi2.Li.H2O/c1-6(13)7-2-4-8(5-3-7)16-17(14,15)9(10,11)12;1-6(9)7-2-4-8(10)5-3-7;1-8(2,3)7-9(4,5)6;;/h4,7H,2-3,5H2,1H3;7H,2-5H2,1H3;1-6H3;;1H2/q;;-1;+1;. The van der Waals surface area contributed by atoms with Gasteiger partial charge in [0, 0.05) is 31.1 Å². The Bertz CT molecular complexity index is 893. The molecule has 1 fully saturated rings. The van der Waals surface area contributed by atoms with Gasteiger partial charge in [0.1, 0.15) is 23.1 Å². The van der Waals surface area contributed by atoms with E-state index >= 15 is 0 Å². The Labute approximate surface area is 239 Å². The summed E-state index contributed by atoms with van der Waals surface area (Å²) in [6.45, 7) is 16.8. The van der Waals surface area contributed by atoms with Crippen molar-refractivity contribution < 1.29 is 64.5 Å². The first kappa shape index (κ1) is 41.7. The topological polar surface area (TPSA) is 140 Å². The van der Waals surface area contributed by atoms with E-state index in [1.807, 2.05) is 0 Å². The molecule has 218 valence electrons. The van der Waals surface area contributed by atoms with Crippen LogP contribution in [0.4, 0.5) is 13.2 Å². The van der Waals surface area contributed by atoms with Gasteiger partial charge in [-0.2, -0.15) is 21.6 Å². The third-order valence-electron chi connectivity index (χ3n) is 5.23. The molecule has 0 spiro atoms. The molecule has 2 rings (SSSR count). The molecule has 0 aromatic carbocycles. The molecule has 15 heteroatoms.